The van der Waals surface area contributed by atoms with Crippen LogP contribution in [0.15, 0.2) is 50.9 Å². The second kappa shape index (κ2) is 5.73. The Balaban J connectivity index is 2.27. The van der Waals surface area contributed by atoms with Crippen LogP contribution in [0.25, 0.3) is 0 Å². The van der Waals surface area contributed by atoms with E-state index in [1.54, 1.807) is 0 Å². The van der Waals surface area contributed by atoms with Gasteiger partial charge in [0.05, 0.1) is 10.6 Å². The molecule has 0 bridgehead atoms. The van der Waals surface area contributed by atoms with Gasteiger partial charge < -0.3 is 5.73 Å². The second-order valence-electron chi connectivity index (χ2n) is 3.43. The standard InChI is InChI=1S/C12H8BrClN2OS/c13-8-2-1-3-9(5-8)18-12-10(14)4-7(6-16-12)11(15)17/h1-6H,(H2,15,17). The molecule has 0 fully saturated rings. The molecule has 0 radical (unpaired) electrons. The molecule has 1 aromatic carbocycles. The summed E-state index contributed by atoms with van der Waals surface area (Å²) >= 11 is 10.9. The zero-order valence-electron chi connectivity index (χ0n) is 9.06. The Hall–Kier alpha value is -1.04. The first-order valence-corrected chi connectivity index (χ1v) is 6.94. The average Bonchev–Trinajstić information content (AvgIpc) is 2.31. The summed E-state index contributed by atoms with van der Waals surface area (Å²) in [6, 6.07) is 9.31. The van der Waals surface area contributed by atoms with Crippen molar-refractivity contribution in [2.45, 2.75) is 9.92 Å². The molecule has 0 unspecified atom stereocenters. The Kier molecular flexibility index (Phi) is 4.27. The third kappa shape index (κ3) is 3.25. The van der Waals surface area contributed by atoms with Crippen LogP contribution in [0, 0.1) is 0 Å². The Morgan fingerprint density at radius 3 is 2.78 bits per heavy atom. The SMILES string of the molecule is NC(=O)c1cnc(Sc2cccc(Br)c2)c(Cl)c1. The van der Waals surface area contributed by atoms with Crippen molar-refractivity contribution in [3.8, 4) is 0 Å². The molecule has 0 aliphatic heterocycles. The molecule has 1 aromatic heterocycles. The van der Waals surface area contributed by atoms with Crippen molar-refractivity contribution in [3.05, 3.63) is 51.6 Å². The molecule has 2 rings (SSSR count). The number of amides is 1. The van der Waals surface area contributed by atoms with Crippen molar-refractivity contribution in [3.63, 3.8) is 0 Å². The first-order chi connectivity index (χ1) is 8.56. The molecule has 18 heavy (non-hydrogen) atoms. The summed E-state index contributed by atoms with van der Waals surface area (Å²) in [5, 5.41) is 1.05. The summed E-state index contributed by atoms with van der Waals surface area (Å²) < 4.78 is 0.984. The maximum Gasteiger partial charge on any atom is 0.250 e. The number of aromatic nitrogens is 1. The summed E-state index contributed by atoms with van der Waals surface area (Å²) in [6.45, 7) is 0. The highest BCUT2D eigenvalue weighted by atomic mass is 79.9. The number of hydrogen-bond donors (Lipinski definition) is 1. The van der Waals surface area contributed by atoms with E-state index in [2.05, 4.69) is 20.9 Å². The number of carbonyl (C=O) groups excluding carboxylic acids is 1. The number of pyridine rings is 1. The minimum atomic E-state index is -0.539. The zero-order valence-corrected chi connectivity index (χ0v) is 12.2. The van der Waals surface area contributed by atoms with Gasteiger partial charge in [-0.1, -0.05) is 45.4 Å². The van der Waals surface area contributed by atoms with Crippen LogP contribution in [0.5, 0.6) is 0 Å². The largest absolute Gasteiger partial charge is 0.366 e. The van der Waals surface area contributed by atoms with Crippen molar-refractivity contribution < 1.29 is 4.79 Å². The summed E-state index contributed by atoms with van der Waals surface area (Å²) in [4.78, 5) is 16.1. The monoisotopic (exact) mass is 342 g/mol. The van der Waals surface area contributed by atoms with Gasteiger partial charge in [0, 0.05) is 15.6 Å². The lowest BCUT2D eigenvalue weighted by atomic mass is 10.3. The fourth-order valence-electron chi connectivity index (χ4n) is 1.28. The Morgan fingerprint density at radius 2 is 2.17 bits per heavy atom. The quantitative estimate of drug-likeness (QED) is 0.923. The number of nitrogens with zero attached hydrogens (tertiary/aromatic N) is 1. The van der Waals surface area contributed by atoms with Crippen molar-refractivity contribution in [2.75, 3.05) is 0 Å². The molecule has 0 saturated heterocycles. The van der Waals surface area contributed by atoms with Crippen molar-refractivity contribution >= 4 is 45.2 Å². The van der Waals surface area contributed by atoms with E-state index in [9.17, 15) is 4.79 Å². The van der Waals surface area contributed by atoms with E-state index < -0.39 is 5.91 Å². The first-order valence-electron chi connectivity index (χ1n) is 4.95. The average molecular weight is 344 g/mol. The van der Waals surface area contributed by atoms with Crippen LogP contribution in [0.2, 0.25) is 5.02 Å². The summed E-state index contributed by atoms with van der Waals surface area (Å²) in [5.41, 5.74) is 5.46. The van der Waals surface area contributed by atoms with Gasteiger partial charge >= 0.3 is 0 Å². The van der Waals surface area contributed by atoms with E-state index >= 15 is 0 Å². The molecule has 0 saturated carbocycles. The fourth-order valence-corrected chi connectivity index (χ4v) is 2.93. The molecule has 1 heterocycles. The fraction of sp³-hybridized carbons (Fsp3) is 0. The highest BCUT2D eigenvalue weighted by molar-refractivity contribution is 9.10. The molecular weight excluding hydrogens is 336 g/mol. The topological polar surface area (TPSA) is 56.0 Å². The number of hydrogen-bond acceptors (Lipinski definition) is 3. The Morgan fingerprint density at radius 1 is 1.39 bits per heavy atom. The van der Waals surface area contributed by atoms with Gasteiger partial charge in [-0.05, 0) is 24.3 Å². The smallest absolute Gasteiger partial charge is 0.250 e. The van der Waals surface area contributed by atoms with Crippen LogP contribution in [0.1, 0.15) is 10.4 Å². The third-order valence-corrected chi connectivity index (χ3v) is 4.00. The first kappa shape index (κ1) is 13.4. The third-order valence-electron chi connectivity index (χ3n) is 2.10. The van der Waals surface area contributed by atoms with Gasteiger partial charge in [0.15, 0.2) is 0 Å². The molecule has 0 atom stereocenters. The zero-order chi connectivity index (χ0) is 13.1. The van der Waals surface area contributed by atoms with E-state index in [1.807, 2.05) is 24.3 Å². The molecule has 3 nitrogen and oxygen atoms in total. The highest BCUT2D eigenvalue weighted by Gasteiger charge is 2.08. The molecular formula is C12H8BrClN2OS. The minimum absolute atomic E-state index is 0.304. The van der Waals surface area contributed by atoms with Gasteiger partial charge in [-0.2, -0.15) is 0 Å². The van der Waals surface area contributed by atoms with Crippen LogP contribution in [-0.4, -0.2) is 10.9 Å². The molecule has 6 heteroatoms. The van der Waals surface area contributed by atoms with Gasteiger partial charge in [0.2, 0.25) is 5.91 Å². The van der Waals surface area contributed by atoms with Crippen LogP contribution in [0.3, 0.4) is 0 Å². The molecule has 0 aliphatic carbocycles. The molecule has 2 aromatic rings. The van der Waals surface area contributed by atoms with E-state index in [-0.39, 0.29) is 0 Å². The predicted octanol–water partition coefficient (Wildman–Crippen LogP) is 3.75. The molecule has 0 aliphatic rings. The maximum atomic E-state index is 11.0. The number of nitrogens with two attached hydrogens (primary N) is 1. The molecule has 0 spiro atoms. The van der Waals surface area contributed by atoms with Gasteiger partial charge in [-0.25, -0.2) is 4.98 Å². The van der Waals surface area contributed by atoms with E-state index in [1.165, 1.54) is 24.0 Å². The van der Waals surface area contributed by atoms with Crippen LogP contribution < -0.4 is 5.73 Å². The van der Waals surface area contributed by atoms with Crippen molar-refractivity contribution in [1.82, 2.24) is 4.98 Å². The maximum absolute atomic E-state index is 11.0. The van der Waals surface area contributed by atoms with Crippen LogP contribution in [-0.2, 0) is 0 Å². The Labute approximate surface area is 122 Å². The van der Waals surface area contributed by atoms with Gasteiger partial charge in [-0.15, -0.1) is 0 Å². The summed E-state index contributed by atoms with van der Waals surface area (Å²) in [6.07, 6.45) is 1.43. The minimum Gasteiger partial charge on any atom is -0.366 e. The van der Waals surface area contributed by atoms with Crippen LogP contribution in [0.4, 0.5) is 0 Å². The summed E-state index contributed by atoms with van der Waals surface area (Å²) in [5.74, 6) is -0.539. The van der Waals surface area contributed by atoms with E-state index in [0.29, 0.717) is 15.6 Å². The lowest BCUT2D eigenvalue weighted by molar-refractivity contribution is 0.1000. The lowest BCUT2D eigenvalue weighted by Crippen LogP contribution is -2.11. The molecule has 1 amide bonds. The van der Waals surface area contributed by atoms with Crippen molar-refractivity contribution in [2.24, 2.45) is 5.73 Å². The normalized spacial score (nSPS) is 10.3. The van der Waals surface area contributed by atoms with Gasteiger partial charge in [-0.3, -0.25) is 4.79 Å². The van der Waals surface area contributed by atoms with Gasteiger partial charge in [0.25, 0.3) is 0 Å². The number of primary amides is 1. The number of rotatable bonds is 3. The second-order valence-corrected chi connectivity index (χ2v) is 5.82. The number of benzene rings is 1. The number of halogens is 2. The highest BCUT2D eigenvalue weighted by Crippen LogP contribution is 2.32. The summed E-state index contributed by atoms with van der Waals surface area (Å²) in [7, 11) is 0. The van der Waals surface area contributed by atoms with E-state index in [0.717, 1.165) is 9.37 Å². The van der Waals surface area contributed by atoms with Crippen LogP contribution >= 0.6 is 39.3 Å². The predicted molar refractivity (Wildman–Crippen MR) is 76.0 cm³/mol. The molecule has 2 N–H and O–H groups in total. The Bertz CT molecular complexity index is 606. The van der Waals surface area contributed by atoms with Gasteiger partial charge in [0.1, 0.15) is 5.03 Å². The lowest BCUT2D eigenvalue weighted by Gasteiger charge is -2.04. The van der Waals surface area contributed by atoms with Crippen molar-refractivity contribution in [1.29, 1.82) is 0 Å². The molecule has 92 valence electrons. The van der Waals surface area contributed by atoms with E-state index in [4.69, 9.17) is 17.3 Å². The number of carbonyl (C=O) groups is 1.